The van der Waals surface area contributed by atoms with Crippen LogP contribution in [0.5, 0.6) is 0 Å². The van der Waals surface area contributed by atoms with E-state index in [9.17, 15) is 0 Å². The average molecular weight is 431 g/mol. The van der Waals surface area contributed by atoms with Crippen LogP contribution in [0, 0.1) is 13.8 Å². The summed E-state index contributed by atoms with van der Waals surface area (Å²) in [5.41, 5.74) is 8.63. The smallest absolute Gasteiger partial charge is 0.159 e. The molecule has 0 atom stereocenters. The van der Waals surface area contributed by atoms with Gasteiger partial charge in [0.1, 0.15) is 0 Å². The maximum Gasteiger partial charge on any atom is 0.159 e. The number of hydrogen-bond acceptors (Lipinski definition) is 4. The highest BCUT2D eigenvalue weighted by atomic mass is 15.3. The minimum atomic E-state index is 0.230. The van der Waals surface area contributed by atoms with Crippen LogP contribution in [-0.2, 0) is 6.54 Å². The van der Waals surface area contributed by atoms with Crippen LogP contribution >= 0.6 is 0 Å². The Bertz CT molecular complexity index is 1200. The molecule has 6 heteroatoms. The van der Waals surface area contributed by atoms with Gasteiger partial charge in [-0.3, -0.25) is 5.10 Å². The van der Waals surface area contributed by atoms with E-state index < -0.39 is 0 Å². The van der Waals surface area contributed by atoms with Crippen molar-refractivity contribution in [3.8, 4) is 22.4 Å². The first-order chi connectivity index (χ1) is 15.4. The van der Waals surface area contributed by atoms with Gasteiger partial charge in [0.25, 0.3) is 0 Å². The molecular weight excluding hydrogens is 396 g/mol. The Hall–Kier alpha value is -2.99. The monoisotopic (exact) mass is 430 g/mol. The van der Waals surface area contributed by atoms with Gasteiger partial charge in [-0.1, -0.05) is 31.5 Å². The van der Waals surface area contributed by atoms with Gasteiger partial charge in [0.2, 0.25) is 0 Å². The molecule has 0 bridgehead atoms. The van der Waals surface area contributed by atoms with Crippen LogP contribution in [0.4, 0.5) is 0 Å². The van der Waals surface area contributed by atoms with Gasteiger partial charge < -0.3 is 4.90 Å². The quantitative estimate of drug-likeness (QED) is 0.377. The van der Waals surface area contributed by atoms with Crippen molar-refractivity contribution >= 4 is 11.0 Å². The van der Waals surface area contributed by atoms with Crippen molar-refractivity contribution in [3.63, 3.8) is 0 Å². The summed E-state index contributed by atoms with van der Waals surface area (Å²) in [7, 11) is 2.19. The van der Waals surface area contributed by atoms with E-state index in [0.717, 1.165) is 57.9 Å². The van der Waals surface area contributed by atoms with Gasteiger partial charge >= 0.3 is 0 Å². The zero-order chi connectivity index (χ0) is 22.8. The van der Waals surface area contributed by atoms with E-state index in [0.29, 0.717) is 0 Å². The number of H-pyrrole nitrogens is 1. The summed E-state index contributed by atoms with van der Waals surface area (Å²) in [6, 6.07) is 11.2. The Labute approximate surface area is 190 Å². The van der Waals surface area contributed by atoms with Crippen molar-refractivity contribution in [2.24, 2.45) is 0 Å². The Morgan fingerprint density at radius 2 is 1.97 bits per heavy atom. The van der Waals surface area contributed by atoms with E-state index in [1.54, 1.807) is 0 Å². The molecule has 3 heterocycles. The van der Waals surface area contributed by atoms with Gasteiger partial charge in [0, 0.05) is 40.4 Å². The highest BCUT2D eigenvalue weighted by molar-refractivity contribution is 5.96. The first-order valence-corrected chi connectivity index (χ1v) is 11.6. The van der Waals surface area contributed by atoms with Gasteiger partial charge in [-0.15, -0.1) is 0 Å². The molecule has 0 aliphatic rings. The minimum absolute atomic E-state index is 0.230. The molecule has 0 saturated carbocycles. The standard InChI is InChI=1S/C26H34N6/c1-7-8-12-31(6)16-20-10-9-11-21(13-20)24-14-22(25-18(4)29-30-19(25)5)23-15-27-32(17(2)3)26(23)28-24/h9-11,13-15,17H,7-8,12,16H2,1-6H3,(H,29,30). The zero-order valence-corrected chi connectivity index (χ0v) is 20.1. The number of unbranched alkanes of at least 4 members (excludes halogenated alkanes) is 1. The molecule has 0 unspecified atom stereocenters. The van der Waals surface area contributed by atoms with E-state index in [-0.39, 0.29) is 6.04 Å². The van der Waals surface area contributed by atoms with E-state index >= 15 is 0 Å². The Morgan fingerprint density at radius 1 is 1.16 bits per heavy atom. The molecule has 3 aromatic heterocycles. The molecule has 0 amide bonds. The van der Waals surface area contributed by atoms with Crippen LogP contribution in [0.3, 0.4) is 0 Å². The number of benzene rings is 1. The van der Waals surface area contributed by atoms with E-state index in [1.165, 1.54) is 18.4 Å². The number of nitrogens with one attached hydrogen (secondary N) is 1. The fourth-order valence-electron chi connectivity index (χ4n) is 4.35. The molecule has 0 aliphatic carbocycles. The van der Waals surface area contributed by atoms with E-state index in [1.807, 2.05) is 17.8 Å². The van der Waals surface area contributed by atoms with Gasteiger partial charge in [-0.05, 0) is 65.4 Å². The lowest BCUT2D eigenvalue weighted by atomic mass is 9.98. The number of aryl methyl sites for hydroxylation is 2. The van der Waals surface area contributed by atoms with Crippen LogP contribution in [0.25, 0.3) is 33.4 Å². The van der Waals surface area contributed by atoms with Crippen LogP contribution < -0.4 is 0 Å². The summed E-state index contributed by atoms with van der Waals surface area (Å²) < 4.78 is 2.01. The second-order valence-corrected chi connectivity index (χ2v) is 9.08. The second-order valence-electron chi connectivity index (χ2n) is 9.08. The normalized spacial score (nSPS) is 11.9. The molecule has 0 radical (unpaired) electrons. The number of aromatic nitrogens is 5. The number of rotatable bonds is 8. The fourth-order valence-corrected chi connectivity index (χ4v) is 4.35. The third kappa shape index (κ3) is 4.32. The van der Waals surface area contributed by atoms with Crippen molar-refractivity contribution < 1.29 is 0 Å². The topological polar surface area (TPSA) is 62.6 Å². The van der Waals surface area contributed by atoms with Crippen LogP contribution in [0.1, 0.15) is 56.6 Å². The van der Waals surface area contributed by atoms with Gasteiger partial charge in [0.15, 0.2) is 5.65 Å². The van der Waals surface area contributed by atoms with Gasteiger partial charge in [-0.2, -0.15) is 10.2 Å². The lowest BCUT2D eigenvalue weighted by Gasteiger charge is -2.17. The maximum atomic E-state index is 5.08. The minimum Gasteiger partial charge on any atom is -0.302 e. The molecular formula is C26H34N6. The summed E-state index contributed by atoms with van der Waals surface area (Å²) in [6.45, 7) is 12.7. The largest absolute Gasteiger partial charge is 0.302 e. The molecule has 1 aromatic carbocycles. The summed E-state index contributed by atoms with van der Waals surface area (Å²) in [5.74, 6) is 0. The van der Waals surface area contributed by atoms with Crippen molar-refractivity contribution in [1.82, 2.24) is 29.9 Å². The number of pyridine rings is 1. The molecule has 0 saturated heterocycles. The maximum absolute atomic E-state index is 5.08. The highest BCUT2D eigenvalue weighted by Crippen LogP contribution is 2.35. The third-order valence-electron chi connectivity index (χ3n) is 6.02. The summed E-state index contributed by atoms with van der Waals surface area (Å²) in [4.78, 5) is 7.47. The third-order valence-corrected chi connectivity index (χ3v) is 6.02. The van der Waals surface area contributed by atoms with Crippen LogP contribution in [-0.4, -0.2) is 43.5 Å². The summed E-state index contributed by atoms with van der Waals surface area (Å²) >= 11 is 0. The second kappa shape index (κ2) is 9.25. The van der Waals surface area contributed by atoms with E-state index in [2.05, 4.69) is 85.3 Å². The molecule has 0 spiro atoms. The zero-order valence-electron chi connectivity index (χ0n) is 20.1. The number of aromatic amines is 1. The number of hydrogen-bond donors (Lipinski definition) is 1. The number of fused-ring (bicyclic) bond motifs is 1. The molecule has 168 valence electrons. The van der Waals surface area contributed by atoms with Crippen molar-refractivity contribution in [2.75, 3.05) is 13.6 Å². The highest BCUT2D eigenvalue weighted by Gasteiger charge is 2.19. The molecule has 32 heavy (non-hydrogen) atoms. The molecule has 4 rings (SSSR count). The van der Waals surface area contributed by atoms with Crippen molar-refractivity contribution in [1.29, 1.82) is 0 Å². The SMILES string of the molecule is CCCCN(C)Cc1cccc(-c2cc(-c3c(C)n[nH]c3C)c3cnn(C(C)C)c3n2)c1. The van der Waals surface area contributed by atoms with Crippen LogP contribution in [0.2, 0.25) is 0 Å². The predicted octanol–water partition coefficient (Wildman–Crippen LogP) is 5.92. The van der Waals surface area contributed by atoms with Crippen LogP contribution in [0.15, 0.2) is 36.5 Å². The van der Waals surface area contributed by atoms with Gasteiger partial charge in [-0.25, -0.2) is 9.67 Å². The summed E-state index contributed by atoms with van der Waals surface area (Å²) in [6.07, 6.45) is 4.38. The Balaban J connectivity index is 1.83. The first kappa shape index (κ1) is 22.2. The average Bonchev–Trinajstić information content (AvgIpc) is 3.35. The Morgan fingerprint density at radius 3 is 2.66 bits per heavy atom. The predicted molar refractivity (Wildman–Crippen MR) is 132 cm³/mol. The molecule has 4 aromatic rings. The molecule has 6 nitrogen and oxygen atoms in total. The van der Waals surface area contributed by atoms with E-state index in [4.69, 9.17) is 4.98 Å². The summed E-state index contributed by atoms with van der Waals surface area (Å²) in [5, 5.41) is 13.3. The Kier molecular flexibility index (Phi) is 6.42. The molecule has 0 fully saturated rings. The molecule has 1 N–H and O–H groups in total. The van der Waals surface area contributed by atoms with Gasteiger partial charge in [0.05, 0.1) is 17.6 Å². The lowest BCUT2D eigenvalue weighted by molar-refractivity contribution is 0.321. The lowest BCUT2D eigenvalue weighted by Crippen LogP contribution is -2.18. The number of nitrogens with zero attached hydrogens (tertiary/aromatic N) is 5. The first-order valence-electron chi connectivity index (χ1n) is 11.6. The van der Waals surface area contributed by atoms with Crippen molar-refractivity contribution in [3.05, 3.63) is 53.5 Å². The fraction of sp³-hybridized carbons (Fsp3) is 0.423. The van der Waals surface area contributed by atoms with Crippen molar-refractivity contribution in [2.45, 2.75) is 60.0 Å². The molecule has 0 aliphatic heterocycles.